The van der Waals surface area contributed by atoms with E-state index in [9.17, 15) is 14.4 Å². The minimum atomic E-state index is -0.745. The van der Waals surface area contributed by atoms with Crippen LogP contribution >= 0.6 is 0 Å². The van der Waals surface area contributed by atoms with E-state index >= 15 is 0 Å². The Morgan fingerprint density at radius 1 is 1.30 bits per heavy atom. The highest BCUT2D eigenvalue weighted by Crippen LogP contribution is 2.12. The summed E-state index contributed by atoms with van der Waals surface area (Å²) < 4.78 is 9.71. The molecule has 6 heteroatoms. The molecule has 0 fully saturated rings. The molecule has 20 heavy (non-hydrogen) atoms. The molecule has 0 aliphatic rings. The zero-order valence-corrected chi connectivity index (χ0v) is 10.8. The average Bonchev–Trinajstić information content (AvgIpc) is 2.44. The number of nitrogens with one attached hydrogen (secondary N) is 1. The Morgan fingerprint density at radius 2 is 2.05 bits per heavy atom. The summed E-state index contributed by atoms with van der Waals surface area (Å²) in [5, 5.41) is 2.95. The predicted molar refractivity (Wildman–Crippen MR) is 71.5 cm³/mol. The molecular weight excluding hydrogens is 262 g/mol. The zero-order chi connectivity index (χ0) is 14.5. The molecule has 0 aliphatic carbocycles. The van der Waals surface area contributed by atoms with Crippen molar-refractivity contribution < 1.29 is 18.7 Å². The second-order valence-electron chi connectivity index (χ2n) is 3.97. The molecule has 1 aromatic heterocycles. The van der Waals surface area contributed by atoms with E-state index in [0.29, 0.717) is 11.0 Å². The fraction of sp³-hybridized carbons (Fsp3) is 0.214. The highest BCUT2D eigenvalue weighted by molar-refractivity contribution is 5.97. The van der Waals surface area contributed by atoms with Gasteiger partial charge in [-0.3, -0.25) is 9.59 Å². The number of rotatable bonds is 4. The van der Waals surface area contributed by atoms with Crippen LogP contribution in [0.4, 0.5) is 0 Å². The normalized spacial score (nSPS) is 10.2. The lowest BCUT2D eigenvalue weighted by Gasteiger charge is -2.04. The van der Waals surface area contributed by atoms with E-state index in [0.717, 1.165) is 0 Å². The smallest absolute Gasteiger partial charge is 0.349 e. The summed E-state index contributed by atoms with van der Waals surface area (Å²) in [5.41, 5.74) is -0.488. The molecule has 6 nitrogen and oxygen atoms in total. The fourth-order valence-corrected chi connectivity index (χ4v) is 1.68. The van der Waals surface area contributed by atoms with Crippen LogP contribution in [0.3, 0.4) is 0 Å². The molecule has 1 N–H and O–H groups in total. The summed E-state index contributed by atoms with van der Waals surface area (Å²) in [4.78, 5) is 34.7. The van der Waals surface area contributed by atoms with E-state index in [1.165, 1.54) is 6.07 Å². The Kier molecular flexibility index (Phi) is 4.14. The van der Waals surface area contributed by atoms with Crippen LogP contribution in [0.2, 0.25) is 0 Å². The van der Waals surface area contributed by atoms with Gasteiger partial charge in [0.05, 0.1) is 6.61 Å². The summed E-state index contributed by atoms with van der Waals surface area (Å²) in [6, 6.07) is 8.29. The topological polar surface area (TPSA) is 85.6 Å². The molecule has 0 atom stereocenters. The second kappa shape index (κ2) is 6.01. The van der Waals surface area contributed by atoms with Gasteiger partial charge in [-0.15, -0.1) is 0 Å². The monoisotopic (exact) mass is 275 g/mol. The molecule has 0 bridgehead atoms. The van der Waals surface area contributed by atoms with Crippen molar-refractivity contribution in [3.8, 4) is 0 Å². The van der Waals surface area contributed by atoms with Gasteiger partial charge in [0.2, 0.25) is 0 Å². The molecule has 0 saturated heterocycles. The molecule has 1 heterocycles. The molecule has 2 aromatic rings. The number of amides is 1. The first kappa shape index (κ1) is 13.8. The van der Waals surface area contributed by atoms with Crippen molar-refractivity contribution in [1.82, 2.24) is 5.32 Å². The van der Waals surface area contributed by atoms with Gasteiger partial charge in [-0.05, 0) is 19.1 Å². The number of ether oxygens (including phenoxy) is 1. The first-order valence-electron chi connectivity index (χ1n) is 6.08. The van der Waals surface area contributed by atoms with E-state index in [4.69, 9.17) is 4.42 Å². The molecule has 0 aliphatic heterocycles. The molecule has 0 spiro atoms. The van der Waals surface area contributed by atoms with Crippen molar-refractivity contribution in [3.63, 3.8) is 0 Å². The van der Waals surface area contributed by atoms with Gasteiger partial charge < -0.3 is 14.5 Å². The van der Waals surface area contributed by atoms with Crippen LogP contribution in [-0.4, -0.2) is 25.0 Å². The number of fused-ring (bicyclic) bond motifs is 1. The predicted octanol–water partition coefficient (Wildman–Crippen LogP) is 1.09. The van der Waals surface area contributed by atoms with Crippen molar-refractivity contribution in [2.24, 2.45) is 0 Å². The van der Waals surface area contributed by atoms with Gasteiger partial charge in [0.15, 0.2) is 0 Å². The van der Waals surface area contributed by atoms with Crippen LogP contribution in [0.15, 0.2) is 39.5 Å². The van der Waals surface area contributed by atoms with Crippen LogP contribution in [-0.2, 0) is 9.53 Å². The highest BCUT2D eigenvalue weighted by Gasteiger charge is 2.14. The molecule has 1 aromatic carbocycles. The lowest BCUT2D eigenvalue weighted by atomic mass is 10.2. The summed E-state index contributed by atoms with van der Waals surface area (Å²) in [5.74, 6) is -1.23. The SMILES string of the molecule is CCOC(=O)CNC(=O)c1cc2ccccc2oc1=O. The minimum absolute atomic E-state index is 0.145. The van der Waals surface area contributed by atoms with Crippen molar-refractivity contribution in [2.75, 3.05) is 13.2 Å². The number of benzene rings is 1. The summed E-state index contributed by atoms with van der Waals surface area (Å²) >= 11 is 0. The van der Waals surface area contributed by atoms with Crippen LogP contribution in [0.25, 0.3) is 11.0 Å². The van der Waals surface area contributed by atoms with Gasteiger partial charge in [0.25, 0.3) is 5.91 Å². The van der Waals surface area contributed by atoms with E-state index in [-0.39, 0.29) is 18.7 Å². The van der Waals surface area contributed by atoms with E-state index in [2.05, 4.69) is 10.1 Å². The molecule has 0 unspecified atom stereocenters. The van der Waals surface area contributed by atoms with Gasteiger partial charge in [-0.1, -0.05) is 18.2 Å². The standard InChI is InChI=1S/C14H13NO5/c1-2-19-12(16)8-15-13(17)10-7-9-5-3-4-6-11(9)20-14(10)18/h3-7H,2,8H2,1H3,(H,15,17). The average molecular weight is 275 g/mol. The maximum absolute atomic E-state index is 11.8. The largest absolute Gasteiger partial charge is 0.465 e. The maximum Gasteiger partial charge on any atom is 0.349 e. The number of esters is 1. The van der Waals surface area contributed by atoms with E-state index < -0.39 is 17.5 Å². The molecule has 0 saturated carbocycles. The first-order chi connectivity index (χ1) is 9.61. The minimum Gasteiger partial charge on any atom is -0.465 e. The quantitative estimate of drug-likeness (QED) is 0.666. The maximum atomic E-state index is 11.8. The number of carbonyl (C=O) groups is 2. The third-order valence-electron chi connectivity index (χ3n) is 2.58. The number of para-hydroxylation sites is 1. The van der Waals surface area contributed by atoms with Gasteiger partial charge in [-0.25, -0.2) is 4.79 Å². The molecule has 2 rings (SSSR count). The number of hydrogen-bond acceptors (Lipinski definition) is 5. The van der Waals surface area contributed by atoms with Crippen molar-refractivity contribution >= 4 is 22.8 Å². The number of hydrogen-bond donors (Lipinski definition) is 1. The molecule has 0 radical (unpaired) electrons. The lowest BCUT2D eigenvalue weighted by Crippen LogP contribution is -2.33. The molecule has 104 valence electrons. The van der Waals surface area contributed by atoms with Crippen molar-refractivity contribution in [1.29, 1.82) is 0 Å². The Labute approximate surface area is 114 Å². The second-order valence-corrected chi connectivity index (χ2v) is 3.97. The van der Waals surface area contributed by atoms with Crippen LogP contribution < -0.4 is 10.9 Å². The van der Waals surface area contributed by atoms with Crippen LogP contribution in [0.5, 0.6) is 0 Å². The Hall–Kier alpha value is -2.63. The van der Waals surface area contributed by atoms with Crippen LogP contribution in [0.1, 0.15) is 17.3 Å². The summed E-state index contributed by atoms with van der Waals surface area (Å²) in [6.45, 7) is 1.60. The number of carbonyl (C=O) groups excluding carboxylic acids is 2. The zero-order valence-electron chi connectivity index (χ0n) is 10.8. The van der Waals surface area contributed by atoms with Gasteiger partial charge in [0.1, 0.15) is 17.7 Å². The first-order valence-corrected chi connectivity index (χ1v) is 6.08. The molecule has 1 amide bonds. The third-order valence-corrected chi connectivity index (χ3v) is 2.58. The Bertz CT molecular complexity index is 704. The highest BCUT2D eigenvalue weighted by atomic mass is 16.5. The lowest BCUT2D eigenvalue weighted by molar-refractivity contribution is -0.141. The Morgan fingerprint density at radius 3 is 2.80 bits per heavy atom. The summed E-state index contributed by atoms with van der Waals surface area (Å²) in [6.07, 6.45) is 0. The van der Waals surface area contributed by atoms with E-state index in [1.807, 2.05) is 0 Å². The Balaban J connectivity index is 2.19. The van der Waals surface area contributed by atoms with Crippen LogP contribution in [0, 0.1) is 0 Å². The van der Waals surface area contributed by atoms with Gasteiger partial charge in [0, 0.05) is 5.39 Å². The third kappa shape index (κ3) is 3.03. The van der Waals surface area contributed by atoms with Gasteiger partial charge >= 0.3 is 11.6 Å². The van der Waals surface area contributed by atoms with Gasteiger partial charge in [-0.2, -0.15) is 0 Å². The fourth-order valence-electron chi connectivity index (χ4n) is 1.68. The molecular formula is C14H13NO5. The summed E-state index contributed by atoms with van der Waals surface area (Å²) in [7, 11) is 0. The van der Waals surface area contributed by atoms with Crippen molar-refractivity contribution in [2.45, 2.75) is 6.92 Å². The van der Waals surface area contributed by atoms with Crippen molar-refractivity contribution in [3.05, 3.63) is 46.3 Å². The van der Waals surface area contributed by atoms with E-state index in [1.54, 1.807) is 31.2 Å².